The number of rotatable bonds is 3. The van der Waals surface area contributed by atoms with Crippen LogP contribution in [0.3, 0.4) is 0 Å². The zero-order valence-electron chi connectivity index (χ0n) is 14.4. The summed E-state index contributed by atoms with van der Waals surface area (Å²) >= 11 is 0. The molecule has 0 unspecified atom stereocenters. The Morgan fingerprint density at radius 3 is 1.36 bits per heavy atom. The summed E-state index contributed by atoms with van der Waals surface area (Å²) in [5, 5.41) is 21.2. The third-order valence-corrected chi connectivity index (χ3v) is 4.80. The summed E-state index contributed by atoms with van der Waals surface area (Å²) in [6, 6.07) is 8.05. The van der Waals surface area contributed by atoms with E-state index in [1.807, 2.05) is 52.0 Å². The molecule has 0 radical (unpaired) electrons. The van der Waals surface area contributed by atoms with Gasteiger partial charge in [-0.25, -0.2) is 0 Å². The SMILES string of the molecule is Cc1ccc(C(c2ccc(C)c(C)c2O)C(C)C)c(O)c1C. The minimum atomic E-state index is -0.0291. The van der Waals surface area contributed by atoms with Gasteiger partial charge in [-0.1, -0.05) is 38.1 Å². The Morgan fingerprint density at radius 2 is 1.05 bits per heavy atom. The quantitative estimate of drug-likeness (QED) is 0.825. The van der Waals surface area contributed by atoms with Crippen LogP contribution in [0.5, 0.6) is 11.5 Å². The van der Waals surface area contributed by atoms with E-state index < -0.39 is 0 Å². The highest BCUT2D eigenvalue weighted by atomic mass is 16.3. The zero-order chi connectivity index (χ0) is 16.6. The molecule has 2 rings (SSSR count). The van der Waals surface area contributed by atoms with Crippen molar-refractivity contribution >= 4 is 0 Å². The molecule has 0 heterocycles. The van der Waals surface area contributed by atoms with Gasteiger partial charge in [0.1, 0.15) is 11.5 Å². The van der Waals surface area contributed by atoms with Crippen molar-refractivity contribution in [3.8, 4) is 11.5 Å². The second-order valence-electron chi connectivity index (χ2n) is 6.61. The fourth-order valence-corrected chi connectivity index (χ4v) is 3.03. The van der Waals surface area contributed by atoms with Crippen LogP contribution < -0.4 is 0 Å². The highest BCUT2D eigenvalue weighted by Gasteiger charge is 2.25. The molecule has 118 valence electrons. The average molecular weight is 298 g/mol. The third kappa shape index (κ3) is 2.70. The Morgan fingerprint density at radius 1 is 0.682 bits per heavy atom. The van der Waals surface area contributed by atoms with Crippen molar-refractivity contribution < 1.29 is 10.2 Å². The Hall–Kier alpha value is -1.96. The lowest BCUT2D eigenvalue weighted by atomic mass is 9.79. The molecular formula is C20H26O2. The van der Waals surface area contributed by atoms with Gasteiger partial charge in [-0.05, 0) is 55.9 Å². The topological polar surface area (TPSA) is 40.5 Å². The average Bonchev–Trinajstić information content (AvgIpc) is 2.47. The normalized spacial score (nSPS) is 11.5. The molecule has 0 fully saturated rings. The third-order valence-electron chi connectivity index (χ3n) is 4.80. The number of phenols is 2. The second kappa shape index (κ2) is 6.04. The Labute approximate surface area is 133 Å². The van der Waals surface area contributed by atoms with Crippen LogP contribution in [0, 0.1) is 33.6 Å². The molecule has 2 nitrogen and oxygen atoms in total. The predicted octanol–water partition coefficient (Wildman–Crippen LogP) is 5.12. The van der Waals surface area contributed by atoms with Gasteiger partial charge >= 0.3 is 0 Å². The molecule has 0 saturated carbocycles. The first-order valence-electron chi connectivity index (χ1n) is 7.83. The number of phenolic OH excluding ortho intramolecular Hbond substituents is 2. The fraction of sp³-hybridized carbons (Fsp3) is 0.400. The van der Waals surface area contributed by atoms with Gasteiger partial charge in [0.15, 0.2) is 0 Å². The van der Waals surface area contributed by atoms with Crippen molar-refractivity contribution in [2.75, 3.05) is 0 Å². The second-order valence-corrected chi connectivity index (χ2v) is 6.61. The van der Waals surface area contributed by atoms with E-state index in [9.17, 15) is 10.2 Å². The van der Waals surface area contributed by atoms with Gasteiger partial charge in [0, 0.05) is 17.0 Å². The van der Waals surface area contributed by atoms with Crippen LogP contribution in [0.25, 0.3) is 0 Å². The first-order chi connectivity index (χ1) is 10.3. The van der Waals surface area contributed by atoms with Crippen molar-refractivity contribution in [2.45, 2.75) is 47.5 Å². The van der Waals surface area contributed by atoms with Gasteiger partial charge in [0.25, 0.3) is 0 Å². The molecule has 0 aromatic heterocycles. The summed E-state index contributed by atoms with van der Waals surface area (Å²) in [5.74, 6) is 0.923. The van der Waals surface area contributed by atoms with Gasteiger partial charge in [-0.15, -0.1) is 0 Å². The molecule has 2 N–H and O–H groups in total. The fourth-order valence-electron chi connectivity index (χ4n) is 3.03. The van der Waals surface area contributed by atoms with Crippen LogP contribution in [-0.4, -0.2) is 10.2 Å². The lowest BCUT2D eigenvalue weighted by Crippen LogP contribution is -2.10. The number of hydrogen-bond donors (Lipinski definition) is 2. The van der Waals surface area contributed by atoms with Gasteiger partial charge in [0.05, 0.1) is 0 Å². The van der Waals surface area contributed by atoms with Crippen molar-refractivity contribution in [3.63, 3.8) is 0 Å². The number of hydrogen-bond acceptors (Lipinski definition) is 2. The van der Waals surface area contributed by atoms with Gasteiger partial charge in [-0.2, -0.15) is 0 Å². The number of aryl methyl sites for hydroxylation is 2. The van der Waals surface area contributed by atoms with E-state index in [0.717, 1.165) is 33.4 Å². The molecule has 0 aliphatic carbocycles. The smallest absolute Gasteiger partial charge is 0.122 e. The molecule has 2 heteroatoms. The highest BCUT2D eigenvalue weighted by Crippen LogP contribution is 2.43. The van der Waals surface area contributed by atoms with Gasteiger partial charge < -0.3 is 10.2 Å². The van der Waals surface area contributed by atoms with Crippen LogP contribution >= 0.6 is 0 Å². The van der Waals surface area contributed by atoms with E-state index in [1.165, 1.54) is 0 Å². The Kier molecular flexibility index (Phi) is 4.50. The molecule has 0 atom stereocenters. The maximum atomic E-state index is 10.6. The zero-order valence-corrected chi connectivity index (χ0v) is 14.4. The molecular weight excluding hydrogens is 272 g/mol. The van der Waals surface area contributed by atoms with Crippen molar-refractivity contribution in [1.82, 2.24) is 0 Å². The Balaban J connectivity index is 2.68. The molecule has 0 aliphatic rings. The summed E-state index contributed by atoms with van der Waals surface area (Å²) in [6.45, 7) is 12.1. The van der Waals surface area contributed by atoms with E-state index in [0.29, 0.717) is 11.5 Å². The summed E-state index contributed by atoms with van der Waals surface area (Å²) in [4.78, 5) is 0. The molecule has 0 spiro atoms. The van der Waals surface area contributed by atoms with E-state index >= 15 is 0 Å². The van der Waals surface area contributed by atoms with Crippen LogP contribution in [0.15, 0.2) is 24.3 Å². The first kappa shape index (κ1) is 16.4. The monoisotopic (exact) mass is 298 g/mol. The standard InChI is InChI=1S/C20H26O2/c1-11(2)18(16-9-7-12(3)14(5)19(16)21)17-10-8-13(4)15(6)20(17)22/h7-11,18,21-22H,1-6H3. The number of aromatic hydroxyl groups is 2. The maximum absolute atomic E-state index is 10.6. The molecule has 0 saturated heterocycles. The Bertz CT molecular complexity index is 642. The van der Waals surface area contributed by atoms with E-state index in [4.69, 9.17) is 0 Å². The molecule has 2 aromatic carbocycles. The lowest BCUT2D eigenvalue weighted by Gasteiger charge is -2.26. The number of benzene rings is 2. The summed E-state index contributed by atoms with van der Waals surface area (Å²) < 4.78 is 0. The first-order valence-corrected chi connectivity index (χ1v) is 7.83. The van der Waals surface area contributed by atoms with Crippen LogP contribution in [0.4, 0.5) is 0 Å². The van der Waals surface area contributed by atoms with Crippen LogP contribution in [-0.2, 0) is 0 Å². The summed E-state index contributed by atoms with van der Waals surface area (Å²) in [5.41, 5.74) is 5.74. The van der Waals surface area contributed by atoms with Crippen LogP contribution in [0.2, 0.25) is 0 Å². The molecule has 22 heavy (non-hydrogen) atoms. The minimum absolute atomic E-state index is 0.0291. The largest absolute Gasteiger partial charge is 0.507 e. The van der Waals surface area contributed by atoms with Crippen LogP contribution in [0.1, 0.15) is 53.1 Å². The molecule has 0 amide bonds. The molecule has 0 bridgehead atoms. The van der Waals surface area contributed by atoms with Crippen molar-refractivity contribution in [2.24, 2.45) is 5.92 Å². The van der Waals surface area contributed by atoms with E-state index in [1.54, 1.807) is 0 Å². The molecule has 2 aromatic rings. The van der Waals surface area contributed by atoms with E-state index in [2.05, 4.69) is 13.8 Å². The van der Waals surface area contributed by atoms with Crippen molar-refractivity contribution in [3.05, 3.63) is 57.6 Å². The molecule has 0 aliphatic heterocycles. The lowest BCUT2D eigenvalue weighted by molar-refractivity contribution is 0.431. The van der Waals surface area contributed by atoms with E-state index in [-0.39, 0.29) is 11.8 Å². The predicted molar refractivity (Wildman–Crippen MR) is 91.8 cm³/mol. The van der Waals surface area contributed by atoms with Gasteiger partial charge in [0.2, 0.25) is 0 Å². The van der Waals surface area contributed by atoms with Crippen molar-refractivity contribution in [1.29, 1.82) is 0 Å². The summed E-state index contributed by atoms with van der Waals surface area (Å²) in [7, 11) is 0. The van der Waals surface area contributed by atoms with Gasteiger partial charge in [-0.3, -0.25) is 0 Å². The maximum Gasteiger partial charge on any atom is 0.122 e. The highest BCUT2D eigenvalue weighted by molar-refractivity contribution is 5.54. The minimum Gasteiger partial charge on any atom is -0.507 e. The summed E-state index contributed by atoms with van der Waals surface area (Å²) in [6.07, 6.45) is 0.